The van der Waals surface area contributed by atoms with E-state index in [0.717, 1.165) is 0 Å². The van der Waals surface area contributed by atoms with Gasteiger partial charge in [0.1, 0.15) is 0 Å². The Labute approximate surface area is 151 Å². The molecule has 0 aromatic rings. The molecule has 4 N–H and O–H groups in total. The highest BCUT2D eigenvalue weighted by atomic mass is 31.2. The first-order valence-electron chi connectivity index (χ1n) is 7.13. The summed E-state index contributed by atoms with van der Waals surface area (Å²) in [5.74, 6) is -17.3. The second kappa shape index (κ2) is 5.01. The first kappa shape index (κ1) is 18.2. The summed E-state index contributed by atoms with van der Waals surface area (Å²) in [5, 5.41) is 44.3. The number of fused-ring (bicyclic) bond motifs is 4. The Morgan fingerprint density at radius 2 is 1.26 bits per heavy atom. The van der Waals surface area contributed by atoms with Gasteiger partial charge < -0.3 is 20.4 Å². The van der Waals surface area contributed by atoms with Gasteiger partial charge in [0.15, 0.2) is 0 Å². The molecule has 7 saturated heterocycles. The zero-order valence-electron chi connectivity index (χ0n) is 12.6. The minimum absolute atomic E-state index is 0.374. The van der Waals surface area contributed by atoms with E-state index in [1.54, 1.807) is 0 Å². The van der Waals surface area contributed by atoms with E-state index in [4.69, 9.17) is 50.8 Å². The van der Waals surface area contributed by atoms with Gasteiger partial charge in [-0.2, -0.15) is 9.78 Å². The summed E-state index contributed by atoms with van der Waals surface area (Å²) in [6.07, 6.45) is 0.847. The maximum Gasteiger partial charge on any atom is 0.396 e. The lowest BCUT2D eigenvalue weighted by atomic mass is 9.82. The molecular formula is C9H9O15P3. The van der Waals surface area contributed by atoms with Crippen LogP contribution in [0.15, 0.2) is 12.7 Å². The fourth-order valence-corrected chi connectivity index (χ4v) is 7.08. The lowest BCUT2D eigenvalue weighted by Crippen LogP contribution is -2.83. The van der Waals surface area contributed by atoms with Gasteiger partial charge in [-0.15, -0.1) is 15.9 Å². The van der Waals surface area contributed by atoms with Crippen molar-refractivity contribution in [3.63, 3.8) is 0 Å². The number of rotatable bonds is 2. The van der Waals surface area contributed by atoms with Crippen LogP contribution >= 0.6 is 25.8 Å². The van der Waals surface area contributed by atoms with Crippen LogP contribution in [0.25, 0.3) is 0 Å². The SMILES string of the molecule is C=CCC1(O)OP2O[C@]13OOP1OO[C@@]45OP(OC4(O)O1)O[C@]5(O)[C@@]3(O)O2. The van der Waals surface area contributed by atoms with E-state index < -0.39 is 60.7 Å². The third-order valence-electron chi connectivity index (χ3n) is 4.58. The van der Waals surface area contributed by atoms with Gasteiger partial charge in [-0.1, -0.05) is 6.08 Å². The second-order valence-corrected chi connectivity index (χ2v) is 8.92. The average molecular weight is 450 g/mol. The highest BCUT2D eigenvalue weighted by molar-refractivity contribution is 7.43. The predicted octanol–water partition coefficient (Wildman–Crippen LogP) is -0.558. The van der Waals surface area contributed by atoms with Crippen molar-refractivity contribution in [3.05, 3.63) is 12.7 Å². The standard InChI is InChI=1S/C9H9O15P3/c1-2-3-4(10)7-5(11,17-25(16-4)19-7)6(12)8-9(13,21-26(18-6)20-8)22-27(23-14-7)24-15-8/h2,10-13H,1,3H2/t4?,5-,6-,7-,8+,9?,25?,26?,27?/m1/s1. The van der Waals surface area contributed by atoms with Gasteiger partial charge in [0.05, 0.1) is 0 Å². The lowest BCUT2D eigenvalue weighted by Gasteiger charge is -2.52. The van der Waals surface area contributed by atoms with Crippen LogP contribution in [0, 0.1) is 0 Å². The molecule has 5 unspecified atom stereocenters. The van der Waals surface area contributed by atoms with Gasteiger partial charge in [0, 0.05) is 6.42 Å². The van der Waals surface area contributed by atoms with Crippen molar-refractivity contribution < 1.29 is 71.2 Å². The summed E-state index contributed by atoms with van der Waals surface area (Å²) in [5.41, 5.74) is 0. The molecule has 0 radical (unpaired) electrons. The van der Waals surface area contributed by atoms with Crippen LogP contribution in [0.4, 0.5) is 0 Å². The van der Waals surface area contributed by atoms with Crippen molar-refractivity contribution in [1.82, 2.24) is 0 Å². The number of aliphatic hydroxyl groups is 4. The van der Waals surface area contributed by atoms with Crippen molar-refractivity contribution >= 4 is 25.8 Å². The molecule has 0 aromatic carbocycles. The maximum absolute atomic E-state index is 11.4. The van der Waals surface area contributed by atoms with E-state index in [2.05, 4.69) is 6.58 Å². The smallest absolute Gasteiger partial charge is 0.360 e. The van der Waals surface area contributed by atoms with Gasteiger partial charge in [0.25, 0.3) is 5.79 Å². The van der Waals surface area contributed by atoms with Crippen LogP contribution in [-0.2, 0) is 50.8 Å². The molecule has 27 heavy (non-hydrogen) atoms. The van der Waals surface area contributed by atoms with E-state index in [9.17, 15) is 20.4 Å². The molecule has 0 amide bonds. The molecule has 7 aliphatic rings. The fourth-order valence-electron chi connectivity index (χ4n) is 3.32. The molecule has 7 fully saturated rings. The van der Waals surface area contributed by atoms with E-state index >= 15 is 0 Å². The largest absolute Gasteiger partial charge is 0.396 e. The minimum Gasteiger partial charge on any atom is -0.360 e. The molecule has 0 saturated carbocycles. The molecule has 7 aliphatic heterocycles. The van der Waals surface area contributed by atoms with Crippen LogP contribution in [-0.4, -0.2) is 55.3 Å². The Morgan fingerprint density at radius 1 is 0.704 bits per heavy atom. The van der Waals surface area contributed by atoms with Gasteiger partial charge >= 0.3 is 49.1 Å². The van der Waals surface area contributed by atoms with E-state index in [0.29, 0.717) is 0 Å². The summed E-state index contributed by atoms with van der Waals surface area (Å²) >= 11 is 0. The van der Waals surface area contributed by atoms with Gasteiger partial charge in [-0.05, 0) is 0 Å². The van der Waals surface area contributed by atoms with Crippen LogP contribution in [0.5, 0.6) is 0 Å². The van der Waals surface area contributed by atoms with E-state index in [-0.39, 0.29) is 6.42 Å². The second-order valence-electron chi connectivity index (χ2n) is 6.01. The predicted molar refractivity (Wildman–Crippen MR) is 72.8 cm³/mol. The third kappa shape index (κ3) is 1.70. The molecule has 18 heteroatoms. The molecule has 7 rings (SSSR count). The molecule has 15 nitrogen and oxygen atoms in total. The summed E-state index contributed by atoms with van der Waals surface area (Å²) in [7, 11) is -7.70. The van der Waals surface area contributed by atoms with Gasteiger partial charge in [-0.3, -0.25) is 22.6 Å². The van der Waals surface area contributed by atoms with E-state index in [1.807, 2.05) is 0 Å². The van der Waals surface area contributed by atoms with Crippen molar-refractivity contribution in [1.29, 1.82) is 0 Å². The Hall–Kier alpha value is 0.430. The third-order valence-corrected chi connectivity index (χ3v) is 7.85. The summed E-state index contributed by atoms with van der Waals surface area (Å²) < 4.78 is 46.0. The topological polar surface area (TPSA) is 182 Å². The van der Waals surface area contributed by atoms with Gasteiger partial charge in [-0.25, -0.2) is 9.05 Å². The van der Waals surface area contributed by atoms with Crippen LogP contribution in [0.1, 0.15) is 6.42 Å². The van der Waals surface area contributed by atoms with Crippen molar-refractivity contribution in [2.45, 2.75) is 41.3 Å². The van der Waals surface area contributed by atoms with Crippen LogP contribution in [0.2, 0.25) is 0 Å². The summed E-state index contributed by atoms with van der Waals surface area (Å²) in [6.45, 7) is 3.47. The number of hydrogen-bond acceptors (Lipinski definition) is 15. The molecule has 2 spiro atoms. The molecular weight excluding hydrogens is 441 g/mol. The molecule has 7 heterocycles. The van der Waals surface area contributed by atoms with Crippen molar-refractivity contribution in [2.75, 3.05) is 0 Å². The Morgan fingerprint density at radius 3 is 1.96 bits per heavy atom. The van der Waals surface area contributed by atoms with Crippen molar-refractivity contribution in [2.24, 2.45) is 0 Å². The Balaban J connectivity index is 1.60. The quantitative estimate of drug-likeness (QED) is 0.238. The summed E-state index contributed by atoms with van der Waals surface area (Å²) in [6, 6.07) is 0. The zero-order chi connectivity index (χ0) is 18.9. The minimum atomic E-state index is -3.18. The molecule has 9 atom stereocenters. The fraction of sp³-hybridized carbons (Fsp3) is 0.778. The first-order valence-corrected chi connectivity index (χ1v) is 10.4. The Bertz CT molecular complexity index is 743. The summed E-state index contributed by atoms with van der Waals surface area (Å²) in [4.78, 5) is 10.0. The van der Waals surface area contributed by atoms with Crippen molar-refractivity contribution in [3.8, 4) is 0 Å². The monoisotopic (exact) mass is 450 g/mol. The van der Waals surface area contributed by atoms with Crippen LogP contribution < -0.4 is 0 Å². The molecule has 5 bridgehead atoms. The molecule has 0 aliphatic carbocycles. The maximum atomic E-state index is 11.4. The molecule has 150 valence electrons. The van der Waals surface area contributed by atoms with E-state index in [1.165, 1.54) is 6.08 Å². The molecule has 0 aromatic heterocycles. The van der Waals surface area contributed by atoms with Crippen LogP contribution in [0.3, 0.4) is 0 Å². The highest BCUT2D eigenvalue weighted by Crippen LogP contribution is 2.82. The first-order chi connectivity index (χ1) is 12.7. The highest BCUT2D eigenvalue weighted by Gasteiger charge is 2.99. The normalized spacial score (nSPS) is 65.7. The van der Waals surface area contributed by atoms with Gasteiger partial charge in [0.2, 0.25) is 5.79 Å². The number of hydrogen-bond donors (Lipinski definition) is 4. The lowest BCUT2D eigenvalue weighted by molar-refractivity contribution is -0.575. The zero-order valence-corrected chi connectivity index (χ0v) is 15.3. The Kier molecular flexibility index (Phi) is 3.38. The average Bonchev–Trinajstić information content (AvgIpc) is 3.22.